The summed E-state index contributed by atoms with van der Waals surface area (Å²) in [5.74, 6) is -0.684. The molecule has 0 fully saturated rings. The summed E-state index contributed by atoms with van der Waals surface area (Å²) < 4.78 is 12.2. The standard InChI is InChI=1S/C21H22BrCl2N3O4/c1-4-30-18-9-13(10-25-27-21(29)20(28)26-12(2)3)8-15(22)19(18)31-11-14-16(23)6-5-7-17(14)24/h5-10,12H,4,11H2,1-3H3,(H,26,28)(H,27,29)/b25-10-. The average molecular weight is 531 g/mol. The number of amides is 2. The summed E-state index contributed by atoms with van der Waals surface area (Å²) in [5, 5.41) is 7.31. The molecule has 2 aromatic carbocycles. The van der Waals surface area contributed by atoms with E-state index in [-0.39, 0.29) is 12.6 Å². The van der Waals surface area contributed by atoms with Crippen LogP contribution < -0.4 is 20.2 Å². The smallest absolute Gasteiger partial charge is 0.329 e. The molecule has 31 heavy (non-hydrogen) atoms. The first-order chi connectivity index (χ1) is 14.7. The lowest BCUT2D eigenvalue weighted by Gasteiger charge is -2.15. The van der Waals surface area contributed by atoms with Crippen molar-refractivity contribution in [1.29, 1.82) is 0 Å². The van der Waals surface area contributed by atoms with Crippen molar-refractivity contribution in [3.05, 3.63) is 56.0 Å². The molecule has 0 saturated carbocycles. The van der Waals surface area contributed by atoms with E-state index in [4.69, 9.17) is 32.7 Å². The predicted molar refractivity (Wildman–Crippen MR) is 125 cm³/mol. The van der Waals surface area contributed by atoms with Gasteiger partial charge in [0.05, 0.1) is 17.3 Å². The van der Waals surface area contributed by atoms with Crippen LogP contribution in [-0.2, 0) is 16.2 Å². The van der Waals surface area contributed by atoms with Crippen LogP contribution in [-0.4, -0.2) is 30.7 Å². The SMILES string of the molecule is CCOc1cc(/C=N\NC(=O)C(=O)NC(C)C)cc(Br)c1OCc1c(Cl)cccc1Cl. The minimum atomic E-state index is -0.856. The van der Waals surface area contributed by atoms with Crippen LogP contribution in [0.15, 0.2) is 39.9 Å². The highest BCUT2D eigenvalue weighted by Crippen LogP contribution is 2.38. The number of hydrazone groups is 1. The zero-order valence-electron chi connectivity index (χ0n) is 17.2. The van der Waals surface area contributed by atoms with Gasteiger partial charge in [0, 0.05) is 21.7 Å². The Kier molecular flexibility index (Phi) is 9.61. The number of halogens is 3. The van der Waals surface area contributed by atoms with Gasteiger partial charge in [0.1, 0.15) is 6.61 Å². The highest BCUT2D eigenvalue weighted by molar-refractivity contribution is 9.10. The summed E-state index contributed by atoms with van der Waals surface area (Å²) >= 11 is 15.9. The number of rotatable bonds is 8. The van der Waals surface area contributed by atoms with E-state index in [1.165, 1.54) is 6.21 Å². The van der Waals surface area contributed by atoms with E-state index in [0.717, 1.165) is 0 Å². The minimum absolute atomic E-state index is 0.144. The summed E-state index contributed by atoms with van der Waals surface area (Å²) in [6.07, 6.45) is 1.39. The van der Waals surface area contributed by atoms with Crippen molar-refractivity contribution >= 4 is 57.2 Å². The molecular formula is C21H22BrCl2N3O4. The fourth-order valence-corrected chi connectivity index (χ4v) is 3.50. The maximum atomic E-state index is 11.7. The molecule has 0 unspecified atom stereocenters. The van der Waals surface area contributed by atoms with Gasteiger partial charge >= 0.3 is 11.8 Å². The highest BCUT2D eigenvalue weighted by atomic mass is 79.9. The van der Waals surface area contributed by atoms with E-state index in [1.807, 2.05) is 6.92 Å². The summed E-state index contributed by atoms with van der Waals surface area (Å²) in [6, 6.07) is 8.51. The third kappa shape index (κ3) is 7.41. The molecule has 166 valence electrons. The van der Waals surface area contributed by atoms with Gasteiger partial charge in [-0.15, -0.1) is 0 Å². The second-order valence-electron chi connectivity index (χ2n) is 6.58. The van der Waals surface area contributed by atoms with E-state index in [1.54, 1.807) is 44.2 Å². The third-order valence-corrected chi connectivity index (χ3v) is 5.06. The van der Waals surface area contributed by atoms with E-state index < -0.39 is 11.8 Å². The molecule has 0 aliphatic heterocycles. The largest absolute Gasteiger partial charge is 0.490 e. The van der Waals surface area contributed by atoms with Crippen LogP contribution in [0.25, 0.3) is 0 Å². The molecular weight excluding hydrogens is 509 g/mol. The van der Waals surface area contributed by atoms with Gasteiger partial charge in [0.2, 0.25) is 0 Å². The fourth-order valence-electron chi connectivity index (χ4n) is 2.42. The van der Waals surface area contributed by atoms with Gasteiger partial charge in [0.25, 0.3) is 0 Å². The van der Waals surface area contributed by atoms with Gasteiger partial charge in [-0.25, -0.2) is 5.43 Å². The lowest BCUT2D eigenvalue weighted by molar-refractivity contribution is -0.139. The Bertz CT molecular complexity index is 963. The Balaban J connectivity index is 2.16. The van der Waals surface area contributed by atoms with Gasteiger partial charge in [-0.1, -0.05) is 29.3 Å². The van der Waals surface area contributed by atoms with Crippen LogP contribution >= 0.6 is 39.1 Å². The normalized spacial score (nSPS) is 10.9. The molecule has 0 heterocycles. The predicted octanol–water partition coefficient (Wildman–Crippen LogP) is 4.71. The Morgan fingerprint density at radius 3 is 2.45 bits per heavy atom. The molecule has 2 N–H and O–H groups in total. The minimum Gasteiger partial charge on any atom is -0.490 e. The summed E-state index contributed by atoms with van der Waals surface area (Å²) in [4.78, 5) is 23.3. The zero-order chi connectivity index (χ0) is 23.0. The lowest BCUT2D eigenvalue weighted by atomic mass is 10.2. The Labute approximate surface area is 199 Å². The molecule has 0 saturated heterocycles. The second-order valence-corrected chi connectivity index (χ2v) is 8.25. The fraction of sp³-hybridized carbons (Fsp3) is 0.286. The first-order valence-corrected chi connectivity index (χ1v) is 10.9. The maximum absolute atomic E-state index is 11.7. The molecule has 0 atom stereocenters. The number of nitrogens with zero attached hydrogens (tertiary/aromatic N) is 1. The Hall–Kier alpha value is -2.29. The molecule has 2 rings (SSSR count). The van der Waals surface area contributed by atoms with Crippen LogP contribution in [0.4, 0.5) is 0 Å². The van der Waals surface area contributed by atoms with Crippen LogP contribution in [0.1, 0.15) is 31.9 Å². The first kappa shape index (κ1) is 25.0. The van der Waals surface area contributed by atoms with Gasteiger partial charge in [-0.3, -0.25) is 9.59 Å². The number of nitrogens with one attached hydrogen (secondary N) is 2. The molecule has 2 aromatic rings. The van der Waals surface area contributed by atoms with E-state index in [2.05, 4.69) is 31.8 Å². The maximum Gasteiger partial charge on any atom is 0.329 e. The third-order valence-electron chi connectivity index (χ3n) is 3.76. The summed E-state index contributed by atoms with van der Waals surface area (Å²) in [6.45, 7) is 5.90. The average Bonchev–Trinajstić information content (AvgIpc) is 2.68. The molecule has 0 aromatic heterocycles. The van der Waals surface area contributed by atoms with Crippen molar-refractivity contribution in [2.45, 2.75) is 33.4 Å². The van der Waals surface area contributed by atoms with Crippen molar-refractivity contribution in [3.8, 4) is 11.5 Å². The number of ether oxygens (including phenoxy) is 2. The van der Waals surface area contributed by atoms with Crippen molar-refractivity contribution < 1.29 is 19.1 Å². The van der Waals surface area contributed by atoms with Gasteiger partial charge < -0.3 is 14.8 Å². The molecule has 0 aliphatic carbocycles. The number of hydrogen-bond donors (Lipinski definition) is 2. The number of benzene rings is 2. The van der Waals surface area contributed by atoms with Crippen molar-refractivity contribution in [3.63, 3.8) is 0 Å². The number of hydrogen-bond acceptors (Lipinski definition) is 5. The van der Waals surface area contributed by atoms with Gasteiger partial charge in [0.15, 0.2) is 11.5 Å². The first-order valence-electron chi connectivity index (χ1n) is 9.38. The highest BCUT2D eigenvalue weighted by Gasteiger charge is 2.15. The van der Waals surface area contributed by atoms with E-state index in [0.29, 0.717) is 43.8 Å². The van der Waals surface area contributed by atoms with Crippen LogP contribution in [0, 0.1) is 0 Å². The van der Waals surface area contributed by atoms with Crippen LogP contribution in [0.5, 0.6) is 11.5 Å². The van der Waals surface area contributed by atoms with Crippen molar-refractivity contribution in [2.75, 3.05) is 6.61 Å². The molecule has 7 nitrogen and oxygen atoms in total. The number of carbonyl (C=O) groups is 2. The number of carbonyl (C=O) groups excluding carboxylic acids is 2. The Morgan fingerprint density at radius 2 is 1.84 bits per heavy atom. The molecule has 0 spiro atoms. The summed E-state index contributed by atoms with van der Waals surface area (Å²) in [5.41, 5.74) is 3.46. The molecule has 10 heteroatoms. The summed E-state index contributed by atoms with van der Waals surface area (Å²) in [7, 11) is 0. The zero-order valence-corrected chi connectivity index (χ0v) is 20.3. The molecule has 2 amide bonds. The van der Waals surface area contributed by atoms with E-state index >= 15 is 0 Å². The molecule has 0 bridgehead atoms. The monoisotopic (exact) mass is 529 g/mol. The lowest BCUT2D eigenvalue weighted by Crippen LogP contribution is -2.41. The van der Waals surface area contributed by atoms with E-state index in [9.17, 15) is 9.59 Å². The van der Waals surface area contributed by atoms with Crippen molar-refractivity contribution in [1.82, 2.24) is 10.7 Å². The van der Waals surface area contributed by atoms with Gasteiger partial charge in [-0.2, -0.15) is 5.10 Å². The van der Waals surface area contributed by atoms with Crippen LogP contribution in [0.3, 0.4) is 0 Å². The second kappa shape index (κ2) is 11.9. The van der Waals surface area contributed by atoms with Crippen molar-refractivity contribution in [2.24, 2.45) is 5.10 Å². The quantitative estimate of drug-likeness (QED) is 0.294. The van der Waals surface area contributed by atoms with Crippen LogP contribution in [0.2, 0.25) is 10.0 Å². The van der Waals surface area contributed by atoms with Gasteiger partial charge in [-0.05, 0) is 66.5 Å². The Morgan fingerprint density at radius 1 is 1.16 bits per heavy atom. The molecule has 0 radical (unpaired) electrons. The molecule has 0 aliphatic rings. The topological polar surface area (TPSA) is 89.0 Å².